The molecule has 2 aromatic heterocycles. The van der Waals surface area contributed by atoms with Crippen LogP contribution in [0.1, 0.15) is 5.01 Å². The number of aromatic nitrogens is 2. The highest BCUT2D eigenvalue weighted by molar-refractivity contribution is 7.09. The summed E-state index contributed by atoms with van der Waals surface area (Å²) in [6.07, 6.45) is 1.73. The van der Waals surface area contributed by atoms with E-state index in [1.54, 1.807) is 30.5 Å². The zero-order valence-corrected chi connectivity index (χ0v) is 14.2. The first kappa shape index (κ1) is 16.4. The summed E-state index contributed by atoms with van der Waals surface area (Å²) in [4.78, 5) is 20.6. The van der Waals surface area contributed by atoms with Gasteiger partial charge in [0.25, 0.3) is 5.91 Å². The minimum Gasteiger partial charge on any atom is -0.484 e. The molecule has 7 heteroatoms. The van der Waals surface area contributed by atoms with E-state index in [1.807, 2.05) is 23.6 Å². The molecule has 0 aliphatic carbocycles. The Bertz CT molecular complexity index is 806. The first-order valence-electron chi connectivity index (χ1n) is 7.21. The van der Waals surface area contributed by atoms with Gasteiger partial charge >= 0.3 is 0 Å². The van der Waals surface area contributed by atoms with Crippen molar-refractivity contribution in [2.45, 2.75) is 6.54 Å². The van der Waals surface area contributed by atoms with Gasteiger partial charge in [0.05, 0.1) is 17.9 Å². The van der Waals surface area contributed by atoms with Gasteiger partial charge in [-0.15, -0.1) is 11.3 Å². The van der Waals surface area contributed by atoms with Gasteiger partial charge in [0, 0.05) is 16.6 Å². The predicted octanol–water partition coefficient (Wildman–Crippen LogP) is 3.55. The van der Waals surface area contributed by atoms with E-state index in [4.69, 9.17) is 16.3 Å². The zero-order chi connectivity index (χ0) is 16.8. The topological polar surface area (TPSA) is 64.1 Å². The number of halogens is 1. The minimum absolute atomic E-state index is 0.0555. The van der Waals surface area contributed by atoms with Crippen LogP contribution in [0.5, 0.6) is 5.75 Å². The lowest BCUT2D eigenvalue weighted by molar-refractivity contribution is -0.123. The summed E-state index contributed by atoms with van der Waals surface area (Å²) in [6.45, 7) is 0.306. The SMILES string of the molecule is O=C(COc1ccc(Cl)cc1)NCc1nc(-c2ccccn2)cs1. The Morgan fingerprint density at radius 3 is 2.75 bits per heavy atom. The van der Waals surface area contributed by atoms with Gasteiger partial charge in [0.2, 0.25) is 0 Å². The third-order valence-corrected chi connectivity index (χ3v) is 4.20. The van der Waals surface area contributed by atoms with Crippen molar-refractivity contribution in [2.24, 2.45) is 0 Å². The Morgan fingerprint density at radius 2 is 2.00 bits per heavy atom. The Labute approximate surface area is 148 Å². The summed E-state index contributed by atoms with van der Waals surface area (Å²) in [7, 11) is 0. The maximum absolute atomic E-state index is 11.8. The Hall–Kier alpha value is -2.44. The standard InChI is InChI=1S/C17H14ClN3O2S/c18-12-4-6-13(7-5-12)23-10-16(22)20-9-17-21-15(11-24-17)14-3-1-2-8-19-14/h1-8,11H,9-10H2,(H,20,22). The lowest BCUT2D eigenvalue weighted by Gasteiger charge is -2.06. The molecule has 3 rings (SSSR count). The first-order chi connectivity index (χ1) is 11.7. The van der Waals surface area contributed by atoms with Crippen LogP contribution in [0.25, 0.3) is 11.4 Å². The second kappa shape index (κ2) is 7.90. The summed E-state index contributed by atoms with van der Waals surface area (Å²) in [5.74, 6) is 0.390. The van der Waals surface area contributed by atoms with E-state index in [0.717, 1.165) is 16.4 Å². The molecule has 0 radical (unpaired) electrons. The van der Waals surface area contributed by atoms with Crippen LogP contribution < -0.4 is 10.1 Å². The number of hydrogen-bond acceptors (Lipinski definition) is 5. The Balaban J connectivity index is 1.48. The van der Waals surface area contributed by atoms with Gasteiger partial charge in [-0.2, -0.15) is 0 Å². The van der Waals surface area contributed by atoms with Gasteiger partial charge in [-0.1, -0.05) is 17.7 Å². The molecule has 0 unspecified atom stereocenters. The van der Waals surface area contributed by atoms with Crippen molar-refractivity contribution in [2.75, 3.05) is 6.61 Å². The van der Waals surface area contributed by atoms with Crippen LogP contribution in [0.2, 0.25) is 5.02 Å². The molecule has 0 atom stereocenters. The minimum atomic E-state index is -0.209. The number of carbonyl (C=O) groups excluding carboxylic acids is 1. The Kier molecular flexibility index (Phi) is 5.40. The van der Waals surface area contributed by atoms with Crippen molar-refractivity contribution in [3.05, 3.63) is 64.1 Å². The van der Waals surface area contributed by atoms with Crippen molar-refractivity contribution in [3.63, 3.8) is 0 Å². The summed E-state index contributed by atoms with van der Waals surface area (Å²) in [5, 5.41) is 6.15. The third kappa shape index (κ3) is 4.53. The van der Waals surface area contributed by atoms with E-state index in [1.165, 1.54) is 11.3 Å². The summed E-state index contributed by atoms with van der Waals surface area (Å²) >= 11 is 7.27. The number of hydrogen-bond donors (Lipinski definition) is 1. The number of amides is 1. The van der Waals surface area contributed by atoms with Crippen molar-refractivity contribution in [1.82, 2.24) is 15.3 Å². The maximum atomic E-state index is 11.8. The predicted molar refractivity (Wildman–Crippen MR) is 94.1 cm³/mol. The summed E-state index contributed by atoms with van der Waals surface area (Å²) in [5.41, 5.74) is 1.62. The van der Waals surface area contributed by atoms with E-state index in [0.29, 0.717) is 17.3 Å². The van der Waals surface area contributed by atoms with Gasteiger partial charge in [-0.25, -0.2) is 4.98 Å². The third-order valence-electron chi connectivity index (χ3n) is 3.10. The quantitative estimate of drug-likeness (QED) is 0.731. The number of thiazole rings is 1. The van der Waals surface area contributed by atoms with E-state index >= 15 is 0 Å². The van der Waals surface area contributed by atoms with Gasteiger partial charge in [0.15, 0.2) is 6.61 Å². The summed E-state index contributed by atoms with van der Waals surface area (Å²) in [6, 6.07) is 12.5. The molecule has 2 heterocycles. The highest BCUT2D eigenvalue weighted by atomic mass is 35.5. The number of ether oxygens (including phenoxy) is 1. The van der Waals surface area contributed by atoms with Crippen LogP contribution in [-0.2, 0) is 11.3 Å². The fraction of sp³-hybridized carbons (Fsp3) is 0.118. The van der Waals surface area contributed by atoms with E-state index in [9.17, 15) is 4.79 Å². The average Bonchev–Trinajstić information content (AvgIpc) is 3.09. The molecule has 0 fully saturated rings. The molecule has 5 nitrogen and oxygen atoms in total. The molecule has 0 bridgehead atoms. The highest BCUT2D eigenvalue weighted by Gasteiger charge is 2.07. The molecular formula is C17H14ClN3O2S. The van der Waals surface area contributed by atoms with Gasteiger partial charge in [-0.3, -0.25) is 9.78 Å². The number of nitrogens with one attached hydrogen (secondary N) is 1. The van der Waals surface area contributed by atoms with Crippen molar-refractivity contribution in [1.29, 1.82) is 0 Å². The van der Waals surface area contributed by atoms with Crippen LogP contribution >= 0.6 is 22.9 Å². The van der Waals surface area contributed by atoms with Gasteiger partial charge < -0.3 is 10.1 Å². The van der Waals surface area contributed by atoms with Crippen LogP contribution in [0.15, 0.2) is 54.0 Å². The molecule has 0 saturated carbocycles. The number of rotatable bonds is 6. The molecule has 1 amide bonds. The zero-order valence-electron chi connectivity index (χ0n) is 12.6. The second-order valence-corrected chi connectivity index (χ2v) is 6.24. The van der Waals surface area contributed by atoms with Gasteiger partial charge in [-0.05, 0) is 36.4 Å². The Morgan fingerprint density at radius 1 is 1.17 bits per heavy atom. The van der Waals surface area contributed by atoms with Gasteiger partial charge in [0.1, 0.15) is 10.8 Å². The lowest BCUT2D eigenvalue weighted by atomic mass is 10.3. The van der Waals surface area contributed by atoms with E-state index in [-0.39, 0.29) is 12.5 Å². The molecule has 24 heavy (non-hydrogen) atoms. The number of nitrogens with zero attached hydrogens (tertiary/aromatic N) is 2. The van der Waals surface area contributed by atoms with Crippen molar-refractivity contribution < 1.29 is 9.53 Å². The smallest absolute Gasteiger partial charge is 0.258 e. The first-order valence-corrected chi connectivity index (χ1v) is 8.47. The normalized spacial score (nSPS) is 10.4. The van der Waals surface area contributed by atoms with Crippen molar-refractivity contribution in [3.8, 4) is 17.1 Å². The van der Waals surface area contributed by atoms with Crippen LogP contribution in [0, 0.1) is 0 Å². The fourth-order valence-corrected chi connectivity index (χ4v) is 2.78. The number of carbonyl (C=O) groups is 1. The number of pyridine rings is 1. The molecule has 0 aliphatic rings. The van der Waals surface area contributed by atoms with Crippen LogP contribution in [-0.4, -0.2) is 22.5 Å². The number of benzene rings is 1. The average molecular weight is 360 g/mol. The monoisotopic (exact) mass is 359 g/mol. The highest BCUT2D eigenvalue weighted by Crippen LogP contribution is 2.19. The lowest BCUT2D eigenvalue weighted by Crippen LogP contribution is -2.28. The molecule has 1 N–H and O–H groups in total. The van der Waals surface area contributed by atoms with Crippen LogP contribution in [0.3, 0.4) is 0 Å². The second-order valence-electron chi connectivity index (χ2n) is 4.86. The van der Waals surface area contributed by atoms with Crippen molar-refractivity contribution >= 4 is 28.8 Å². The summed E-state index contributed by atoms with van der Waals surface area (Å²) < 4.78 is 5.39. The molecular weight excluding hydrogens is 346 g/mol. The van der Waals surface area contributed by atoms with E-state index < -0.39 is 0 Å². The molecule has 0 saturated heterocycles. The molecule has 0 spiro atoms. The molecule has 1 aromatic carbocycles. The molecule has 3 aromatic rings. The largest absolute Gasteiger partial charge is 0.484 e. The van der Waals surface area contributed by atoms with Crippen LogP contribution in [0.4, 0.5) is 0 Å². The maximum Gasteiger partial charge on any atom is 0.258 e. The van der Waals surface area contributed by atoms with E-state index in [2.05, 4.69) is 15.3 Å². The fourth-order valence-electron chi connectivity index (χ4n) is 1.93. The molecule has 0 aliphatic heterocycles. The molecule has 122 valence electrons.